The summed E-state index contributed by atoms with van der Waals surface area (Å²) in [5.74, 6) is 0.392. The van der Waals surface area contributed by atoms with Crippen molar-refractivity contribution in [3.63, 3.8) is 0 Å². The van der Waals surface area contributed by atoms with E-state index in [1.54, 1.807) is 11.3 Å². The van der Waals surface area contributed by atoms with Gasteiger partial charge in [0.2, 0.25) is 5.91 Å². The van der Waals surface area contributed by atoms with E-state index in [-0.39, 0.29) is 11.7 Å². The zero-order chi connectivity index (χ0) is 14.3. The third-order valence-corrected chi connectivity index (χ3v) is 6.32. The maximum Gasteiger partial charge on any atom is 0.244 e. The SMILES string of the molecule is O=C1N(C2CCCCC2)C(c2ccsc2)NC12CCCC2. The van der Waals surface area contributed by atoms with E-state index in [0.29, 0.717) is 11.9 Å². The highest BCUT2D eigenvalue weighted by Crippen LogP contribution is 2.43. The monoisotopic (exact) mass is 304 g/mol. The molecule has 4 rings (SSSR count). The molecular weight excluding hydrogens is 280 g/mol. The van der Waals surface area contributed by atoms with Gasteiger partial charge in [-0.3, -0.25) is 10.1 Å². The van der Waals surface area contributed by atoms with E-state index in [1.165, 1.54) is 50.5 Å². The van der Waals surface area contributed by atoms with Crippen molar-refractivity contribution in [2.24, 2.45) is 0 Å². The van der Waals surface area contributed by atoms with Crippen LogP contribution in [0, 0.1) is 0 Å². The Morgan fingerprint density at radius 2 is 1.90 bits per heavy atom. The molecule has 1 amide bonds. The number of hydrogen-bond acceptors (Lipinski definition) is 3. The van der Waals surface area contributed by atoms with E-state index in [0.717, 1.165) is 12.8 Å². The van der Waals surface area contributed by atoms with Crippen LogP contribution in [0.2, 0.25) is 0 Å². The summed E-state index contributed by atoms with van der Waals surface area (Å²) < 4.78 is 0. The molecule has 0 bridgehead atoms. The molecule has 1 N–H and O–H groups in total. The fraction of sp³-hybridized carbons (Fsp3) is 0.706. The highest BCUT2D eigenvalue weighted by molar-refractivity contribution is 7.08. The van der Waals surface area contributed by atoms with Crippen LogP contribution in [0.1, 0.15) is 69.5 Å². The first-order valence-electron chi connectivity index (χ1n) is 8.43. The van der Waals surface area contributed by atoms with Gasteiger partial charge in [-0.1, -0.05) is 32.1 Å². The third-order valence-electron chi connectivity index (χ3n) is 5.62. The van der Waals surface area contributed by atoms with Crippen molar-refractivity contribution in [1.29, 1.82) is 0 Å². The van der Waals surface area contributed by atoms with E-state index in [2.05, 4.69) is 27.0 Å². The standard InChI is InChI=1S/C17H24N2OS/c20-16-17(9-4-5-10-17)18-15(13-8-11-21-12-13)19(16)14-6-2-1-3-7-14/h8,11-12,14-15,18H,1-7,9-10H2. The second kappa shape index (κ2) is 5.40. The third kappa shape index (κ3) is 2.23. The summed E-state index contributed by atoms with van der Waals surface area (Å²) in [6.45, 7) is 0. The molecule has 0 radical (unpaired) electrons. The lowest BCUT2D eigenvalue weighted by molar-refractivity contribution is -0.136. The van der Waals surface area contributed by atoms with Crippen molar-refractivity contribution in [2.75, 3.05) is 0 Å². The van der Waals surface area contributed by atoms with Gasteiger partial charge in [0.05, 0.1) is 5.54 Å². The Morgan fingerprint density at radius 1 is 1.14 bits per heavy atom. The first kappa shape index (κ1) is 13.8. The molecule has 2 saturated carbocycles. The van der Waals surface area contributed by atoms with Crippen LogP contribution in [-0.4, -0.2) is 22.4 Å². The number of rotatable bonds is 2. The number of carbonyl (C=O) groups excluding carboxylic acids is 1. The van der Waals surface area contributed by atoms with Gasteiger partial charge in [0.15, 0.2) is 0 Å². The molecule has 114 valence electrons. The lowest BCUT2D eigenvalue weighted by atomic mass is 9.92. The van der Waals surface area contributed by atoms with Crippen molar-refractivity contribution in [3.8, 4) is 0 Å². The van der Waals surface area contributed by atoms with Gasteiger partial charge in [0.25, 0.3) is 0 Å². The number of nitrogens with one attached hydrogen (secondary N) is 1. The van der Waals surface area contributed by atoms with Crippen LogP contribution in [0.15, 0.2) is 16.8 Å². The van der Waals surface area contributed by atoms with Gasteiger partial charge in [-0.15, -0.1) is 0 Å². The molecular formula is C17H24N2OS. The largest absolute Gasteiger partial charge is 0.318 e. The maximum absolute atomic E-state index is 13.2. The normalized spacial score (nSPS) is 29.6. The summed E-state index contributed by atoms with van der Waals surface area (Å²) in [6.07, 6.45) is 10.8. The highest BCUT2D eigenvalue weighted by atomic mass is 32.1. The minimum Gasteiger partial charge on any atom is -0.318 e. The van der Waals surface area contributed by atoms with E-state index in [4.69, 9.17) is 0 Å². The van der Waals surface area contributed by atoms with Crippen LogP contribution >= 0.6 is 11.3 Å². The Hall–Kier alpha value is -0.870. The molecule has 1 saturated heterocycles. The molecule has 0 aromatic carbocycles. The minimum atomic E-state index is -0.246. The predicted molar refractivity (Wildman–Crippen MR) is 85.1 cm³/mol. The topological polar surface area (TPSA) is 32.3 Å². The minimum absolute atomic E-state index is 0.116. The smallest absolute Gasteiger partial charge is 0.244 e. The van der Waals surface area contributed by atoms with Crippen molar-refractivity contribution >= 4 is 17.2 Å². The zero-order valence-corrected chi connectivity index (χ0v) is 13.3. The van der Waals surface area contributed by atoms with Gasteiger partial charge in [-0.05, 0) is 48.1 Å². The molecule has 1 aromatic heterocycles. The number of amides is 1. The van der Waals surface area contributed by atoms with E-state index >= 15 is 0 Å². The highest BCUT2D eigenvalue weighted by Gasteiger charge is 2.54. The average Bonchev–Trinajstić information content (AvgIpc) is 3.24. The molecule has 2 aliphatic carbocycles. The first-order valence-corrected chi connectivity index (χ1v) is 9.37. The van der Waals surface area contributed by atoms with Crippen LogP contribution in [-0.2, 0) is 4.79 Å². The van der Waals surface area contributed by atoms with E-state index in [9.17, 15) is 4.79 Å². The number of thiophene rings is 1. The lowest BCUT2D eigenvalue weighted by Gasteiger charge is -2.35. The Labute approximate surface area is 130 Å². The zero-order valence-electron chi connectivity index (χ0n) is 12.5. The quantitative estimate of drug-likeness (QED) is 0.900. The van der Waals surface area contributed by atoms with Gasteiger partial charge >= 0.3 is 0 Å². The van der Waals surface area contributed by atoms with Crippen LogP contribution in [0.5, 0.6) is 0 Å². The van der Waals surface area contributed by atoms with Crippen molar-refractivity contribution in [2.45, 2.75) is 75.5 Å². The maximum atomic E-state index is 13.2. The van der Waals surface area contributed by atoms with Crippen molar-refractivity contribution in [1.82, 2.24) is 10.2 Å². The number of nitrogens with zero attached hydrogens (tertiary/aromatic N) is 1. The van der Waals surface area contributed by atoms with E-state index < -0.39 is 0 Å². The van der Waals surface area contributed by atoms with Crippen LogP contribution in [0.3, 0.4) is 0 Å². The van der Waals surface area contributed by atoms with Crippen molar-refractivity contribution in [3.05, 3.63) is 22.4 Å². The number of carbonyl (C=O) groups is 1. The lowest BCUT2D eigenvalue weighted by Crippen LogP contribution is -2.46. The van der Waals surface area contributed by atoms with Gasteiger partial charge in [-0.25, -0.2) is 0 Å². The predicted octanol–water partition coefficient (Wildman–Crippen LogP) is 3.82. The molecule has 4 heteroatoms. The Kier molecular flexibility index (Phi) is 3.54. The molecule has 3 aliphatic rings. The molecule has 1 unspecified atom stereocenters. The molecule has 1 aromatic rings. The summed E-state index contributed by atoms with van der Waals surface area (Å²) in [7, 11) is 0. The molecule has 3 fully saturated rings. The van der Waals surface area contributed by atoms with Gasteiger partial charge in [-0.2, -0.15) is 11.3 Å². The summed E-state index contributed by atoms with van der Waals surface area (Å²) in [5, 5.41) is 8.08. The summed E-state index contributed by atoms with van der Waals surface area (Å²) >= 11 is 1.73. The Balaban J connectivity index is 1.67. The fourth-order valence-corrected chi connectivity index (χ4v) is 5.18. The number of hydrogen-bond donors (Lipinski definition) is 1. The molecule has 21 heavy (non-hydrogen) atoms. The molecule has 1 aliphatic heterocycles. The molecule has 2 heterocycles. The second-order valence-corrected chi connectivity index (χ2v) is 7.68. The van der Waals surface area contributed by atoms with Crippen LogP contribution < -0.4 is 5.32 Å². The molecule has 1 spiro atoms. The summed E-state index contributed by atoms with van der Waals surface area (Å²) in [5.41, 5.74) is 1.03. The fourth-order valence-electron chi connectivity index (χ4n) is 4.50. The van der Waals surface area contributed by atoms with Gasteiger partial charge < -0.3 is 4.90 Å². The van der Waals surface area contributed by atoms with E-state index in [1.807, 2.05) is 0 Å². The van der Waals surface area contributed by atoms with Crippen molar-refractivity contribution < 1.29 is 4.79 Å². The van der Waals surface area contributed by atoms with Gasteiger partial charge in [0.1, 0.15) is 6.17 Å². The van der Waals surface area contributed by atoms with Gasteiger partial charge in [0, 0.05) is 6.04 Å². The Bertz CT molecular complexity index is 501. The first-order chi connectivity index (χ1) is 10.3. The van der Waals surface area contributed by atoms with Crippen LogP contribution in [0.4, 0.5) is 0 Å². The molecule has 3 nitrogen and oxygen atoms in total. The second-order valence-electron chi connectivity index (χ2n) is 6.90. The average molecular weight is 304 g/mol. The molecule has 1 atom stereocenters. The van der Waals surface area contributed by atoms with Crippen LogP contribution in [0.25, 0.3) is 0 Å². The Morgan fingerprint density at radius 3 is 2.57 bits per heavy atom. The summed E-state index contributed by atoms with van der Waals surface area (Å²) in [4.78, 5) is 15.4. The summed E-state index contributed by atoms with van der Waals surface area (Å²) in [6, 6.07) is 2.63.